The average molecular weight is 451 g/mol. The third-order valence-electron chi connectivity index (χ3n) is 4.84. The van der Waals surface area contributed by atoms with Crippen LogP contribution in [-0.4, -0.2) is 26.4 Å². The molecule has 0 aliphatic carbocycles. The van der Waals surface area contributed by atoms with E-state index in [2.05, 4.69) is 55.0 Å². The maximum Gasteiger partial charge on any atom is 0.234 e. The average Bonchev–Trinajstić information content (AvgIpc) is 3.16. The maximum absolute atomic E-state index is 12.3. The van der Waals surface area contributed by atoms with Crippen molar-refractivity contribution in [3.8, 4) is 5.75 Å². The van der Waals surface area contributed by atoms with Crippen LogP contribution in [0.2, 0.25) is 0 Å². The summed E-state index contributed by atoms with van der Waals surface area (Å²) in [6.07, 6.45) is 1.47. The molecule has 7 heteroatoms. The van der Waals surface area contributed by atoms with Crippen molar-refractivity contribution in [2.45, 2.75) is 50.9 Å². The van der Waals surface area contributed by atoms with Crippen molar-refractivity contribution in [1.29, 1.82) is 0 Å². The summed E-state index contributed by atoms with van der Waals surface area (Å²) in [5, 5.41) is 12.2. The van der Waals surface area contributed by atoms with Crippen molar-refractivity contribution in [2.24, 2.45) is 0 Å². The van der Waals surface area contributed by atoms with Crippen LogP contribution in [0.25, 0.3) is 0 Å². The van der Waals surface area contributed by atoms with Gasteiger partial charge in [0.05, 0.1) is 5.75 Å². The lowest BCUT2D eigenvalue weighted by molar-refractivity contribution is -0.113. The van der Waals surface area contributed by atoms with Gasteiger partial charge >= 0.3 is 0 Å². The summed E-state index contributed by atoms with van der Waals surface area (Å²) in [5.74, 6) is 1.60. The summed E-state index contributed by atoms with van der Waals surface area (Å²) in [4.78, 5) is 12.3. The number of amides is 1. The predicted molar refractivity (Wildman–Crippen MR) is 130 cm³/mol. The van der Waals surface area contributed by atoms with E-state index in [9.17, 15) is 4.79 Å². The Bertz CT molecular complexity index is 1040. The zero-order valence-corrected chi connectivity index (χ0v) is 19.9. The molecule has 0 aliphatic rings. The molecule has 1 heterocycles. The van der Waals surface area contributed by atoms with E-state index >= 15 is 0 Å². The minimum absolute atomic E-state index is 0.0905. The molecule has 1 N–H and O–H groups in total. The SMILES string of the molecule is C=CCn1c(SCC(=O)Nc2ccccc2)nnc1C(C)Oc1ccc(C(C)(C)C)cc1. The number of thioether (sulfide) groups is 1. The van der Waals surface area contributed by atoms with Gasteiger partial charge in [0.2, 0.25) is 5.91 Å². The van der Waals surface area contributed by atoms with Crippen molar-refractivity contribution in [1.82, 2.24) is 14.8 Å². The molecule has 168 valence electrons. The number of carbonyl (C=O) groups excluding carboxylic acids is 1. The second-order valence-corrected chi connectivity index (χ2v) is 9.42. The summed E-state index contributed by atoms with van der Waals surface area (Å²) < 4.78 is 8.06. The molecule has 3 rings (SSSR count). The molecule has 0 spiro atoms. The summed E-state index contributed by atoms with van der Waals surface area (Å²) in [7, 11) is 0. The standard InChI is InChI=1S/C25H30N4O2S/c1-6-16-29-23(18(2)31-21-14-12-19(13-15-21)25(3,4)5)27-28-24(29)32-17-22(30)26-20-10-8-7-9-11-20/h6-15,18H,1,16-17H2,2-5H3,(H,26,30). The Morgan fingerprint density at radius 3 is 2.47 bits per heavy atom. The van der Waals surface area contributed by atoms with E-state index in [0.29, 0.717) is 17.5 Å². The third kappa shape index (κ3) is 6.23. The molecular formula is C25H30N4O2S. The monoisotopic (exact) mass is 450 g/mol. The van der Waals surface area contributed by atoms with Crippen LogP contribution >= 0.6 is 11.8 Å². The highest BCUT2D eigenvalue weighted by atomic mass is 32.2. The number of anilines is 1. The molecule has 0 aliphatic heterocycles. The van der Waals surface area contributed by atoms with Gasteiger partial charge in [-0.3, -0.25) is 9.36 Å². The molecule has 1 aromatic heterocycles. The van der Waals surface area contributed by atoms with Crippen LogP contribution in [-0.2, 0) is 16.8 Å². The fourth-order valence-corrected chi connectivity index (χ4v) is 3.90. The number of aromatic nitrogens is 3. The number of para-hydroxylation sites is 1. The van der Waals surface area contributed by atoms with E-state index in [-0.39, 0.29) is 23.2 Å². The molecular weight excluding hydrogens is 420 g/mol. The van der Waals surface area contributed by atoms with E-state index < -0.39 is 0 Å². The van der Waals surface area contributed by atoms with Crippen molar-refractivity contribution >= 4 is 23.4 Å². The van der Waals surface area contributed by atoms with Crippen molar-refractivity contribution < 1.29 is 9.53 Å². The lowest BCUT2D eigenvalue weighted by atomic mass is 9.87. The van der Waals surface area contributed by atoms with Gasteiger partial charge < -0.3 is 10.1 Å². The zero-order valence-electron chi connectivity index (χ0n) is 19.0. The number of benzene rings is 2. The highest BCUT2D eigenvalue weighted by Gasteiger charge is 2.20. The molecule has 3 aromatic rings. The second kappa shape index (κ2) is 10.5. The van der Waals surface area contributed by atoms with Crippen LogP contribution < -0.4 is 10.1 Å². The summed E-state index contributed by atoms with van der Waals surface area (Å²) in [6, 6.07) is 17.5. The predicted octanol–water partition coefficient (Wildman–Crippen LogP) is 5.63. The van der Waals surface area contributed by atoms with Gasteiger partial charge in [0.15, 0.2) is 17.1 Å². The number of hydrogen-bond acceptors (Lipinski definition) is 5. The first kappa shape index (κ1) is 23.6. The van der Waals surface area contributed by atoms with Crippen LogP contribution in [0.3, 0.4) is 0 Å². The van der Waals surface area contributed by atoms with Crippen molar-refractivity contribution in [3.63, 3.8) is 0 Å². The maximum atomic E-state index is 12.3. The number of hydrogen-bond donors (Lipinski definition) is 1. The molecule has 0 bridgehead atoms. The van der Waals surface area contributed by atoms with Gasteiger partial charge in [-0.2, -0.15) is 0 Å². The van der Waals surface area contributed by atoms with Gasteiger partial charge in [-0.15, -0.1) is 16.8 Å². The van der Waals surface area contributed by atoms with Crippen LogP contribution in [0, 0.1) is 0 Å². The lowest BCUT2D eigenvalue weighted by Crippen LogP contribution is -2.15. The van der Waals surface area contributed by atoms with Crippen LogP contribution in [0.5, 0.6) is 5.75 Å². The number of ether oxygens (including phenoxy) is 1. The Morgan fingerprint density at radius 1 is 1.16 bits per heavy atom. The van der Waals surface area contributed by atoms with Crippen LogP contribution in [0.15, 0.2) is 72.4 Å². The normalized spacial score (nSPS) is 12.2. The summed E-state index contributed by atoms with van der Waals surface area (Å²) in [6.45, 7) is 12.9. The highest BCUT2D eigenvalue weighted by molar-refractivity contribution is 7.99. The van der Waals surface area contributed by atoms with E-state index in [1.807, 2.05) is 54.0 Å². The lowest BCUT2D eigenvalue weighted by Gasteiger charge is -2.20. The highest BCUT2D eigenvalue weighted by Crippen LogP contribution is 2.28. The van der Waals surface area contributed by atoms with Gasteiger partial charge in [0.1, 0.15) is 5.75 Å². The minimum Gasteiger partial charge on any atom is -0.483 e. The number of allylic oxidation sites excluding steroid dienone is 1. The largest absolute Gasteiger partial charge is 0.483 e. The molecule has 0 saturated heterocycles. The van der Waals surface area contributed by atoms with Crippen LogP contribution in [0.1, 0.15) is 45.2 Å². The van der Waals surface area contributed by atoms with Crippen molar-refractivity contribution in [3.05, 3.63) is 78.6 Å². The molecule has 32 heavy (non-hydrogen) atoms. The molecule has 1 amide bonds. The van der Waals surface area contributed by atoms with E-state index in [0.717, 1.165) is 11.4 Å². The van der Waals surface area contributed by atoms with Gasteiger partial charge in [-0.25, -0.2) is 0 Å². The molecule has 6 nitrogen and oxygen atoms in total. The molecule has 1 unspecified atom stereocenters. The van der Waals surface area contributed by atoms with Gasteiger partial charge in [0, 0.05) is 12.2 Å². The Kier molecular flexibility index (Phi) is 7.75. The first-order valence-electron chi connectivity index (χ1n) is 10.6. The topological polar surface area (TPSA) is 69.0 Å². The fraction of sp³-hybridized carbons (Fsp3) is 0.320. The molecule has 1 atom stereocenters. The fourth-order valence-electron chi connectivity index (χ4n) is 3.15. The number of carbonyl (C=O) groups is 1. The molecule has 2 aromatic carbocycles. The van der Waals surface area contributed by atoms with Gasteiger partial charge in [0.25, 0.3) is 0 Å². The molecule has 0 saturated carbocycles. The Hall–Kier alpha value is -3.06. The van der Waals surface area contributed by atoms with Crippen molar-refractivity contribution in [2.75, 3.05) is 11.1 Å². The smallest absolute Gasteiger partial charge is 0.234 e. The zero-order chi connectivity index (χ0) is 23.1. The quantitative estimate of drug-likeness (QED) is 0.338. The van der Waals surface area contributed by atoms with E-state index in [4.69, 9.17) is 4.74 Å². The first-order valence-corrected chi connectivity index (χ1v) is 11.6. The summed E-state index contributed by atoms with van der Waals surface area (Å²) >= 11 is 1.34. The third-order valence-corrected chi connectivity index (χ3v) is 5.81. The van der Waals surface area contributed by atoms with Crippen LogP contribution in [0.4, 0.5) is 5.69 Å². The Morgan fingerprint density at radius 2 is 1.84 bits per heavy atom. The number of nitrogens with zero attached hydrogens (tertiary/aromatic N) is 3. The number of rotatable bonds is 9. The second-order valence-electron chi connectivity index (χ2n) is 8.48. The Balaban J connectivity index is 1.66. The Labute approximate surface area is 194 Å². The van der Waals surface area contributed by atoms with E-state index in [1.165, 1.54) is 17.3 Å². The van der Waals surface area contributed by atoms with Gasteiger partial charge in [-0.05, 0) is 42.2 Å². The van der Waals surface area contributed by atoms with E-state index in [1.54, 1.807) is 6.08 Å². The molecule has 0 radical (unpaired) electrons. The summed E-state index contributed by atoms with van der Waals surface area (Å²) in [5.41, 5.74) is 2.11. The van der Waals surface area contributed by atoms with Gasteiger partial charge in [-0.1, -0.05) is 68.9 Å². The molecule has 0 fully saturated rings. The number of nitrogens with one attached hydrogen (secondary N) is 1. The minimum atomic E-state index is -0.310. The first-order chi connectivity index (χ1) is 15.3.